The number of imidazole rings is 1. The van der Waals surface area contributed by atoms with Gasteiger partial charge in [-0.1, -0.05) is 18.2 Å². The number of nitrogens with one attached hydrogen (secondary N) is 1. The predicted octanol–water partition coefficient (Wildman–Crippen LogP) is 3.69. The molecule has 3 N–H and O–H groups in total. The van der Waals surface area contributed by atoms with Gasteiger partial charge in [0.05, 0.1) is 11.7 Å². The van der Waals surface area contributed by atoms with Crippen molar-refractivity contribution >= 4 is 22.6 Å². The first-order valence-corrected chi connectivity index (χ1v) is 11.2. The summed E-state index contributed by atoms with van der Waals surface area (Å²) in [5.41, 5.74) is 11.7. The Morgan fingerprint density at radius 3 is 2.89 bits per heavy atom. The maximum atomic E-state index is 11.8. The van der Waals surface area contributed by atoms with Gasteiger partial charge >= 0.3 is 0 Å². The van der Waals surface area contributed by atoms with Crippen molar-refractivity contribution in [2.24, 2.45) is 0 Å². The number of fused-ring (bicyclic) bond motifs is 2. The van der Waals surface area contributed by atoms with Crippen LogP contribution in [0, 0.1) is 0 Å². The van der Waals surface area contributed by atoms with Crippen molar-refractivity contribution in [2.75, 3.05) is 12.3 Å². The maximum absolute atomic E-state index is 11.8. The fourth-order valence-electron chi connectivity index (χ4n) is 4.29. The lowest BCUT2D eigenvalue weighted by Crippen LogP contribution is -2.23. The average Bonchev–Trinajstić information content (AvgIpc) is 3.46. The minimum Gasteiger partial charge on any atom is -0.439 e. The fourth-order valence-corrected chi connectivity index (χ4v) is 4.29. The number of ketones is 1. The SMILES string of the molecule is CC(=O)c1cccc(Oc2cc3c(cn2)nc(-c2nonc2N)n3-c2ccc3c(c2)CNCC3)c1. The number of carbonyl (C=O) groups is 1. The van der Waals surface area contributed by atoms with Gasteiger partial charge in [0.25, 0.3) is 0 Å². The molecule has 0 bridgehead atoms. The van der Waals surface area contributed by atoms with Gasteiger partial charge in [-0.15, -0.1) is 0 Å². The van der Waals surface area contributed by atoms with Crippen LogP contribution >= 0.6 is 0 Å². The number of hydrogen-bond acceptors (Lipinski definition) is 9. The molecule has 1 aliphatic rings. The normalized spacial score (nSPS) is 13.1. The number of nitrogens with zero attached hydrogens (tertiary/aromatic N) is 5. The number of hydrogen-bond donors (Lipinski definition) is 2. The first-order valence-electron chi connectivity index (χ1n) is 11.2. The molecule has 3 aromatic heterocycles. The first-order chi connectivity index (χ1) is 17.1. The Morgan fingerprint density at radius 1 is 1.14 bits per heavy atom. The lowest BCUT2D eigenvalue weighted by atomic mass is 10.0. The van der Waals surface area contributed by atoms with E-state index in [1.54, 1.807) is 36.5 Å². The van der Waals surface area contributed by atoms with E-state index in [0.29, 0.717) is 34.2 Å². The molecule has 4 heterocycles. The summed E-state index contributed by atoms with van der Waals surface area (Å²) in [6.45, 7) is 3.27. The Kier molecular flexibility index (Phi) is 5.00. The number of nitrogen functional groups attached to an aromatic ring is 1. The van der Waals surface area contributed by atoms with Crippen LogP contribution in [0.2, 0.25) is 0 Å². The third-order valence-electron chi connectivity index (χ3n) is 6.04. The zero-order valence-electron chi connectivity index (χ0n) is 18.9. The molecule has 0 atom stereocenters. The number of aromatic nitrogens is 5. The molecule has 0 saturated heterocycles. The van der Waals surface area contributed by atoms with Gasteiger partial charge in [-0.25, -0.2) is 14.6 Å². The van der Waals surface area contributed by atoms with Gasteiger partial charge in [0.15, 0.2) is 23.1 Å². The van der Waals surface area contributed by atoms with Gasteiger partial charge in [-0.2, -0.15) is 0 Å². The number of benzene rings is 2. The van der Waals surface area contributed by atoms with Crippen LogP contribution in [0.3, 0.4) is 0 Å². The van der Waals surface area contributed by atoms with Gasteiger partial charge in [-0.3, -0.25) is 9.36 Å². The van der Waals surface area contributed by atoms with Crippen molar-refractivity contribution in [3.63, 3.8) is 0 Å². The number of pyridine rings is 1. The van der Waals surface area contributed by atoms with E-state index in [4.69, 9.17) is 20.1 Å². The van der Waals surface area contributed by atoms with Crippen molar-refractivity contribution in [1.29, 1.82) is 0 Å². The van der Waals surface area contributed by atoms with Gasteiger partial charge in [-0.05, 0) is 65.6 Å². The lowest BCUT2D eigenvalue weighted by molar-refractivity contribution is 0.101. The molecule has 2 aromatic carbocycles. The second-order valence-electron chi connectivity index (χ2n) is 8.35. The van der Waals surface area contributed by atoms with Crippen molar-refractivity contribution < 1.29 is 14.2 Å². The molecule has 5 aromatic rings. The van der Waals surface area contributed by atoms with Crippen LogP contribution in [0.15, 0.2) is 59.4 Å². The van der Waals surface area contributed by atoms with E-state index in [1.807, 2.05) is 4.57 Å². The van der Waals surface area contributed by atoms with Crippen LogP contribution in [-0.2, 0) is 13.0 Å². The van der Waals surface area contributed by atoms with Gasteiger partial charge in [0.1, 0.15) is 11.3 Å². The van der Waals surface area contributed by atoms with Gasteiger partial charge < -0.3 is 15.8 Å². The summed E-state index contributed by atoms with van der Waals surface area (Å²) < 4.78 is 12.8. The fraction of sp³-hybridized carbons (Fsp3) is 0.160. The molecule has 0 radical (unpaired) electrons. The number of ether oxygens (including phenoxy) is 1. The number of Topliss-reactive ketones (excluding diaryl/α,β-unsaturated/α-hetero) is 1. The highest BCUT2D eigenvalue weighted by Crippen LogP contribution is 2.33. The summed E-state index contributed by atoms with van der Waals surface area (Å²) in [6, 6.07) is 15.1. The molecule has 0 unspecified atom stereocenters. The van der Waals surface area contributed by atoms with Crippen molar-refractivity contribution in [1.82, 2.24) is 30.2 Å². The van der Waals surface area contributed by atoms with Crippen molar-refractivity contribution in [3.05, 3.63) is 71.4 Å². The highest BCUT2D eigenvalue weighted by molar-refractivity contribution is 5.94. The second-order valence-corrected chi connectivity index (χ2v) is 8.35. The molecule has 0 fully saturated rings. The maximum Gasteiger partial charge on any atom is 0.221 e. The Bertz CT molecular complexity index is 1590. The number of rotatable bonds is 5. The standard InChI is InChI=1S/C25H21N7O3/c1-14(33)16-3-2-4-19(10-16)34-22-11-21-20(13-28-22)29-25(23-24(26)31-35-30-23)32(21)18-6-5-15-7-8-27-12-17(15)9-18/h2-6,9-11,13,27H,7-8,12H2,1H3,(H2,26,31). The predicted molar refractivity (Wildman–Crippen MR) is 129 cm³/mol. The summed E-state index contributed by atoms with van der Waals surface area (Å²) in [7, 11) is 0. The molecule has 174 valence electrons. The molecule has 6 rings (SSSR count). The van der Waals surface area contributed by atoms with Crippen LogP contribution < -0.4 is 15.8 Å². The third kappa shape index (κ3) is 3.79. The van der Waals surface area contributed by atoms with Crippen LogP contribution in [0.4, 0.5) is 5.82 Å². The minimum atomic E-state index is -0.0395. The highest BCUT2D eigenvalue weighted by Gasteiger charge is 2.22. The molecule has 10 heteroatoms. The van der Waals surface area contributed by atoms with E-state index in [-0.39, 0.29) is 11.6 Å². The molecular formula is C25H21N7O3. The van der Waals surface area contributed by atoms with E-state index in [1.165, 1.54) is 18.1 Å². The Labute approximate surface area is 199 Å². The Hall–Kier alpha value is -4.57. The van der Waals surface area contributed by atoms with E-state index >= 15 is 0 Å². The largest absolute Gasteiger partial charge is 0.439 e. The minimum absolute atomic E-state index is 0.0395. The smallest absolute Gasteiger partial charge is 0.221 e. The zero-order chi connectivity index (χ0) is 23.9. The molecule has 10 nitrogen and oxygen atoms in total. The van der Waals surface area contributed by atoms with Crippen molar-refractivity contribution in [2.45, 2.75) is 19.9 Å². The van der Waals surface area contributed by atoms with Crippen LogP contribution in [-0.4, -0.2) is 37.2 Å². The lowest BCUT2D eigenvalue weighted by Gasteiger charge is -2.19. The Balaban J connectivity index is 1.50. The van der Waals surface area contributed by atoms with E-state index < -0.39 is 0 Å². The molecule has 0 spiro atoms. The quantitative estimate of drug-likeness (QED) is 0.371. The Morgan fingerprint density at radius 2 is 2.06 bits per heavy atom. The van der Waals surface area contributed by atoms with Crippen LogP contribution in [0.1, 0.15) is 28.4 Å². The first kappa shape index (κ1) is 21.0. The van der Waals surface area contributed by atoms with Gasteiger partial charge in [0, 0.05) is 23.9 Å². The molecular weight excluding hydrogens is 446 g/mol. The summed E-state index contributed by atoms with van der Waals surface area (Å²) in [6.07, 6.45) is 2.61. The molecule has 35 heavy (non-hydrogen) atoms. The summed E-state index contributed by atoms with van der Waals surface area (Å²) in [4.78, 5) is 20.9. The molecule has 1 aliphatic heterocycles. The van der Waals surface area contributed by atoms with Crippen LogP contribution in [0.5, 0.6) is 11.6 Å². The second kappa shape index (κ2) is 8.33. The highest BCUT2D eigenvalue weighted by atomic mass is 16.6. The molecule has 0 amide bonds. The van der Waals surface area contributed by atoms with Crippen molar-refractivity contribution in [3.8, 4) is 28.8 Å². The third-order valence-corrected chi connectivity index (χ3v) is 6.04. The average molecular weight is 467 g/mol. The number of nitrogens with two attached hydrogens (primary N) is 1. The molecule has 0 saturated carbocycles. The molecule has 0 aliphatic carbocycles. The number of anilines is 1. The summed E-state index contributed by atoms with van der Waals surface area (Å²) >= 11 is 0. The van der Waals surface area contributed by atoms with Gasteiger partial charge in [0.2, 0.25) is 5.88 Å². The van der Waals surface area contributed by atoms with Crippen LogP contribution in [0.25, 0.3) is 28.2 Å². The summed E-state index contributed by atoms with van der Waals surface area (Å²) in [5, 5.41) is 11.1. The number of carbonyl (C=O) groups excluding carboxylic acids is 1. The van der Waals surface area contributed by atoms with E-state index in [0.717, 1.165) is 30.7 Å². The summed E-state index contributed by atoms with van der Waals surface area (Å²) in [5.74, 6) is 1.46. The monoisotopic (exact) mass is 467 g/mol. The van der Waals surface area contributed by atoms with E-state index in [2.05, 4.69) is 38.8 Å². The topological polar surface area (TPSA) is 134 Å². The zero-order valence-corrected chi connectivity index (χ0v) is 18.9. The van der Waals surface area contributed by atoms with E-state index in [9.17, 15) is 4.79 Å².